The normalized spacial score (nSPS) is 14.2. The SMILES string of the molecule is Cn1nc(CN(Cc2ccco2)S(=O)(=O)c2ccc(OC(F)(F)F)cc2)c2c1CCC2. The molecule has 3 aromatic rings. The molecule has 0 atom stereocenters. The summed E-state index contributed by atoms with van der Waals surface area (Å²) in [6.45, 7) is -0.0194. The number of aromatic nitrogens is 2. The van der Waals surface area contributed by atoms with E-state index in [9.17, 15) is 21.6 Å². The highest BCUT2D eigenvalue weighted by Crippen LogP contribution is 2.29. The van der Waals surface area contributed by atoms with Gasteiger partial charge in [-0.2, -0.15) is 9.40 Å². The second-order valence-electron chi connectivity index (χ2n) is 7.22. The van der Waals surface area contributed by atoms with E-state index in [4.69, 9.17) is 4.42 Å². The first-order valence-electron chi connectivity index (χ1n) is 9.55. The molecule has 0 aliphatic heterocycles. The molecule has 166 valence electrons. The third kappa shape index (κ3) is 4.62. The molecular formula is C20H20F3N3O4S. The lowest BCUT2D eigenvalue weighted by Crippen LogP contribution is -2.30. The lowest BCUT2D eigenvalue weighted by Gasteiger charge is -2.21. The fraction of sp³-hybridized carbons (Fsp3) is 0.350. The number of alkyl halides is 3. The molecule has 0 saturated carbocycles. The first-order valence-corrected chi connectivity index (χ1v) is 11.0. The lowest BCUT2D eigenvalue weighted by atomic mass is 10.2. The van der Waals surface area contributed by atoms with E-state index in [2.05, 4.69) is 9.84 Å². The molecule has 31 heavy (non-hydrogen) atoms. The van der Waals surface area contributed by atoms with Crippen LogP contribution in [0.2, 0.25) is 0 Å². The second kappa shape index (κ2) is 8.04. The molecule has 0 saturated heterocycles. The van der Waals surface area contributed by atoms with E-state index in [0.717, 1.165) is 54.8 Å². The van der Waals surface area contributed by atoms with Crippen LogP contribution < -0.4 is 4.74 Å². The molecule has 7 nitrogen and oxygen atoms in total. The predicted molar refractivity (Wildman–Crippen MR) is 103 cm³/mol. The maximum atomic E-state index is 13.4. The minimum atomic E-state index is -4.86. The zero-order chi connectivity index (χ0) is 22.2. The van der Waals surface area contributed by atoms with Crippen LogP contribution in [0.1, 0.15) is 29.1 Å². The molecule has 4 rings (SSSR count). The van der Waals surface area contributed by atoms with Crippen LogP contribution in [0.4, 0.5) is 13.2 Å². The van der Waals surface area contributed by atoms with Crippen molar-refractivity contribution in [1.82, 2.24) is 14.1 Å². The van der Waals surface area contributed by atoms with Crippen LogP contribution in [0.25, 0.3) is 0 Å². The summed E-state index contributed by atoms with van der Waals surface area (Å²) < 4.78 is 76.1. The maximum Gasteiger partial charge on any atom is 0.573 e. The van der Waals surface area contributed by atoms with Gasteiger partial charge < -0.3 is 9.15 Å². The van der Waals surface area contributed by atoms with Crippen molar-refractivity contribution < 1.29 is 30.7 Å². The van der Waals surface area contributed by atoms with Gasteiger partial charge in [0, 0.05) is 12.7 Å². The number of nitrogens with zero attached hydrogens (tertiary/aromatic N) is 3. The van der Waals surface area contributed by atoms with Crippen LogP contribution in [-0.4, -0.2) is 28.9 Å². The second-order valence-corrected chi connectivity index (χ2v) is 9.16. The van der Waals surface area contributed by atoms with Crippen molar-refractivity contribution in [2.45, 2.75) is 43.6 Å². The zero-order valence-electron chi connectivity index (χ0n) is 16.6. The van der Waals surface area contributed by atoms with Gasteiger partial charge in [0.15, 0.2) is 0 Å². The summed E-state index contributed by atoms with van der Waals surface area (Å²) in [6, 6.07) is 7.45. The zero-order valence-corrected chi connectivity index (χ0v) is 17.4. The van der Waals surface area contributed by atoms with E-state index in [1.54, 1.807) is 16.8 Å². The van der Waals surface area contributed by atoms with Crippen molar-refractivity contribution in [3.63, 3.8) is 0 Å². The van der Waals surface area contributed by atoms with Crippen molar-refractivity contribution in [1.29, 1.82) is 0 Å². The number of benzene rings is 1. The Morgan fingerprint density at radius 1 is 1.16 bits per heavy atom. The number of halogens is 3. The van der Waals surface area contributed by atoms with E-state index in [-0.39, 0.29) is 18.0 Å². The van der Waals surface area contributed by atoms with Gasteiger partial charge in [0.25, 0.3) is 0 Å². The highest BCUT2D eigenvalue weighted by atomic mass is 32.2. The van der Waals surface area contributed by atoms with Crippen LogP contribution in [0.15, 0.2) is 52.0 Å². The Morgan fingerprint density at radius 2 is 1.90 bits per heavy atom. The molecule has 0 spiro atoms. The van der Waals surface area contributed by atoms with Gasteiger partial charge in [0.2, 0.25) is 10.0 Å². The Kier molecular flexibility index (Phi) is 5.56. The lowest BCUT2D eigenvalue weighted by molar-refractivity contribution is -0.274. The number of rotatable bonds is 7. The standard InChI is InChI=1S/C20H20F3N3O4S/c1-25-19-6-2-5-17(19)18(24-25)13-26(12-15-4-3-11-29-15)31(27,28)16-9-7-14(8-10-16)30-20(21,22)23/h3-4,7-11H,2,5-6,12-13H2,1H3. The molecule has 1 aromatic carbocycles. The average molecular weight is 455 g/mol. The summed E-state index contributed by atoms with van der Waals surface area (Å²) in [5.41, 5.74) is 2.82. The van der Waals surface area contributed by atoms with Crippen LogP contribution in [-0.2, 0) is 43.0 Å². The highest BCUT2D eigenvalue weighted by molar-refractivity contribution is 7.89. The molecule has 2 aromatic heterocycles. The van der Waals surface area contributed by atoms with Crippen molar-refractivity contribution in [3.05, 3.63) is 65.4 Å². The van der Waals surface area contributed by atoms with Gasteiger partial charge in [-0.1, -0.05) is 0 Å². The molecule has 2 heterocycles. The molecule has 0 fully saturated rings. The highest BCUT2D eigenvalue weighted by Gasteiger charge is 2.32. The van der Waals surface area contributed by atoms with Crippen molar-refractivity contribution >= 4 is 10.0 Å². The molecule has 0 unspecified atom stereocenters. The van der Waals surface area contributed by atoms with Crippen LogP contribution in [0, 0.1) is 0 Å². The summed E-state index contributed by atoms with van der Waals surface area (Å²) in [5.74, 6) is -0.0558. The number of sulfonamides is 1. The topological polar surface area (TPSA) is 77.6 Å². The Bertz CT molecular complexity index is 1150. The fourth-order valence-corrected chi connectivity index (χ4v) is 5.12. The third-order valence-corrected chi connectivity index (χ3v) is 6.94. The first kappa shape index (κ1) is 21.4. The van der Waals surface area contributed by atoms with Crippen LogP contribution in [0.3, 0.4) is 0 Å². The van der Waals surface area contributed by atoms with E-state index < -0.39 is 22.1 Å². The van der Waals surface area contributed by atoms with Crippen LogP contribution >= 0.6 is 0 Å². The number of furan rings is 1. The van der Waals surface area contributed by atoms with Crippen molar-refractivity contribution in [2.24, 2.45) is 7.05 Å². The van der Waals surface area contributed by atoms with Gasteiger partial charge in [-0.15, -0.1) is 13.2 Å². The van der Waals surface area contributed by atoms with Gasteiger partial charge in [-0.05, 0) is 61.2 Å². The van der Waals surface area contributed by atoms with Gasteiger partial charge in [-0.3, -0.25) is 4.68 Å². The molecule has 0 N–H and O–H groups in total. The van der Waals surface area contributed by atoms with Gasteiger partial charge in [0.05, 0.1) is 29.9 Å². The fourth-order valence-electron chi connectivity index (χ4n) is 3.76. The summed E-state index contributed by atoms with van der Waals surface area (Å²) in [4.78, 5) is -0.152. The Labute approximate surface area is 177 Å². The number of fused-ring (bicyclic) bond motifs is 1. The largest absolute Gasteiger partial charge is 0.573 e. The summed E-state index contributed by atoms with van der Waals surface area (Å²) in [6.07, 6.45) is -0.701. The molecular weight excluding hydrogens is 435 g/mol. The number of hydrogen-bond donors (Lipinski definition) is 0. The van der Waals surface area contributed by atoms with Crippen molar-refractivity contribution in [3.8, 4) is 5.75 Å². The third-order valence-electron chi connectivity index (χ3n) is 5.13. The smallest absolute Gasteiger partial charge is 0.468 e. The van der Waals surface area contributed by atoms with E-state index in [0.29, 0.717) is 11.5 Å². The van der Waals surface area contributed by atoms with Gasteiger partial charge in [0.1, 0.15) is 11.5 Å². The first-order chi connectivity index (χ1) is 14.6. The van der Waals surface area contributed by atoms with Gasteiger partial charge >= 0.3 is 6.36 Å². The van der Waals surface area contributed by atoms with Crippen molar-refractivity contribution in [2.75, 3.05) is 0 Å². The molecule has 1 aliphatic carbocycles. The Morgan fingerprint density at radius 3 is 2.55 bits per heavy atom. The number of hydrogen-bond acceptors (Lipinski definition) is 5. The Hall–Kier alpha value is -2.79. The van der Waals surface area contributed by atoms with Crippen LogP contribution in [0.5, 0.6) is 5.75 Å². The van der Waals surface area contributed by atoms with E-state index in [1.165, 1.54) is 10.6 Å². The van der Waals surface area contributed by atoms with Gasteiger partial charge in [-0.25, -0.2) is 8.42 Å². The predicted octanol–water partition coefficient (Wildman–Crippen LogP) is 3.79. The molecule has 0 radical (unpaired) electrons. The molecule has 1 aliphatic rings. The molecule has 0 amide bonds. The average Bonchev–Trinajstić information content (AvgIpc) is 3.42. The summed E-state index contributed by atoms with van der Waals surface area (Å²) in [7, 11) is -2.22. The van der Waals surface area contributed by atoms with E-state index in [1.807, 2.05) is 7.05 Å². The summed E-state index contributed by atoms with van der Waals surface area (Å²) >= 11 is 0. The minimum absolute atomic E-state index is 0.0208. The maximum absolute atomic E-state index is 13.4. The Balaban J connectivity index is 1.65. The monoisotopic (exact) mass is 455 g/mol. The molecule has 0 bridgehead atoms. The number of ether oxygens (including phenoxy) is 1. The minimum Gasteiger partial charge on any atom is -0.468 e. The van der Waals surface area contributed by atoms with E-state index >= 15 is 0 Å². The quantitative estimate of drug-likeness (QED) is 0.542. The summed E-state index contributed by atoms with van der Waals surface area (Å²) in [5, 5.41) is 4.50. The number of aryl methyl sites for hydroxylation is 1. The molecule has 11 heteroatoms.